The molecule has 1 aliphatic rings. The van der Waals surface area contributed by atoms with Crippen molar-refractivity contribution in [1.29, 1.82) is 0 Å². The van der Waals surface area contributed by atoms with E-state index >= 15 is 0 Å². The molecule has 42 heavy (non-hydrogen) atoms. The van der Waals surface area contributed by atoms with Crippen molar-refractivity contribution in [3.05, 3.63) is 75.1 Å². The number of hydrogen-bond donors (Lipinski definition) is 2. The van der Waals surface area contributed by atoms with Gasteiger partial charge in [-0.15, -0.1) is 11.3 Å². The molecule has 1 amide bonds. The van der Waals surface area contributed by atoms with E-state index in [4.69, 9.17) is 15.2 Å². The molecule has 1 atom stereocenters. The van der Waals surface area contributed by atoms with Crippen LogP contribution >= 0.6 is 11.3 Å². The zero-order valence-corrected chi connectivity index (χ0v) is 25.4. The molecule has 1 saturated heterocycles. The van der Waals surface area contributed by atoms with E-state index in [0.717, 1.165) is 50.9 Å². The van der Waals surface area contributed by atoms with Gasteiger partial charge in [-0.05, 0) is 62.9 Å². The Labute approximate surface area is 249 Å². The van der Waals surface area contributed by atoms with Crippen molar-refractivity contribution in [2.45, 2.75) is 51.8 Å². The number of pyridine rings is 1. The number of thiophene rings is 1. The number of amides is 1. The molecule has 4 heterocycles. The average molecular weight is 591 g/mol. The number of hydrogen-bond acceptors (Lipinski definition) is 9. The molecule has 0 aliphatic carbocycles. The van der Waals surface area contributed by atoms with E-state index in [2.05, 4.69) is 38.3 Å². The molecule has 4 aromatic rings. The van der Waals surface area contributed by atoms with E-state index in [9.17, 15) is 9.59 Å². The van der Waals surface area contributed by atoms with E-state index < -0.39 is 5.60 Å². The third-order valence-corrected chi connectivity index (χ3v) is 8.40. The Kier molecular flexibility index (Phi) is 8.91. The van der Waals surface area contributed by atoms with Crippen molar-refractivity contribution in [2.24, 2.45) is 5.73 Å². The molecule has 10 nitrogen and oxygen atoms in total. The van der Waals surface area contributed by atoms with E-state index in [1.165, 1.54) is 0 Å². The number of aromatic amines is 1. The quantitative estimate of drug-likeness (QED) is 0.297. The summed E-state index contributed by atoms with van der Waals surface area (Å²) in [5.74, 6) is 0.772. The van der Waals surface area contributed by atoms with Crippen LogP contribution < -0.4 is 16.2 Å². The first kappa shape index (κ1) is 29.7. The SMILES string of the molecule is CN(Cc1ccccc1-c1ccc([C@H](N)CCc2n[nH]c(=O)c3cc(N4CCOCC4)ncc23)s1)C(=O)OC(C)(C)C. The summed E-state index contributed by atoms with van der Waals surface area (Å²) in [4.78, 5) is 35.6. The Hall–Kier alpha value is -3.80. The fraction of sp³-hybridized carbons (Fsp3) is 0.419. The monoisotopic (exact) mass is 590 g/mol. The summed E-state index contributed by atoms with van der Waals surface area (Å²) < 4.78 is 11.0. The molecule has 222 valence electrons. The maximum absolute atomic E-state index is 12.6. The highest BCUT2D eigenvalue weighted by molar-refractivity contribution is 7.15. The number of carbonyl (C=O) groups is 1. The largest absolute Gasteiger partial charge is 0.444 e. The Balaban J connectivity index is 1.28. The number of H-pyrrole nitrogens is 1. The number of morpholine rings is 1. The zero-order chi connectivity index (χ0) is 29.9. The van der Waals surface area contributed by atoms with Crippen molar-refractivity contribution < 1.29 is 14.3 Å². The third-order valence-electron chi connectivity index (χ3n) is 7.15. The van der Waals surface area contributed by atoms with Crippen molar-refractivity contribution in [2.75, 3.05) is 38.3 Å². The number of ether oxygens (including phenoxy) is 2. The van der Waals surface area contributed by atoms with Crippen LogP contribution in [-0.4, -0.2) is 65.1 Å². The van der Waals surface area contributed by atoms with Crippen LogP contribution in [0.2, 0.25) is 0 Å². The molecular weight excluding hydrogens is 552 g/mol. The molecule has 3 aromatic heterocycles. The highest BCUT2D eigenvalue weighted by Crippen LogP contribution is 2.35. The van der Waals surface area contributed by atoms with Crippen LogP contribution in [0.4, 0.5) is 10.6 Å². The second-order valence-corrected chi connectivity index (χ2v) is 12.6. The fourth-order valence-electron chi connectivity index (χ4n) is 4.95. The summed E-state index contributed by atoms with van der Waals surface area (Å²) >= 11 is 1.65. The summed E-state index contributed by atoms with van der Waals surface area (Å²) in [6, 6.07) is 13.8. The number of benzene rings is 1. The Bertz CT molecular complexity index is 1610. The Morgan fingerprint density at radius 3 is 2.71 bits per heavy atom. The molecule has 11 heteroatoms. The number of nitrogens with two attached hydrogens (primary N) is 1. The third kappa shape index (κ3) is 6.97. The highest BCUT2D eigenvalue weighted by atomic mass is 32.1. The van der Waals surface area contributed by atoms with Gasteiger partial charge in [0, 0.05) is 54.1 Å². The molecule has 5 rings (SSSR count). The van der Waals surface area contributed by atoms with Crippen LogP contribution in [0.5, 0.6) is 0 Å². The molecule has 1 aromatic carbocycles. The summed E-state index contributed by atoms with van der Waals surface area (Å²) in [5, 5.41) is 8.32. The molecule has 0 unspecified atom stereocenters. The summed E-state index contributed by atoms with van der Waals surface area (Å²) in [7, 11) is 1.74. The number of anilines is 1. The van der Waals surface area contributed by atoms with E-state index in [1.54, 1.807) is 29.5 Å². The summed E-state index contributed by atoms with van der Waals surface area (Å²) in [5.41, 5.74) is 8.74. The van der Waals surface area contributed by atoms with Crippen molar-refractivity contribution >= 4 is 34.0 Å². The molecule has 0 spiro atoms. The van der Waals surface area contributed by atoms with Gasteiger partial charge in [0.1, 0.15) is 11.4 Å². The highest BCUT2D eigenvalue weighted by Gasteiger charge is 2.21. The molecule has 1 fully saturated rings. The maximum atomic E-state index is 12.6. The minimum Gasteiger partial charge on any atom is -0.444 e. The first-order valence-corrected chi connectivity index (χ1v) is 15.0. The van der Waals surface area contributed by atoms with Gasteiger partial charge in [0.25, 0.3) is 5.56 Å². The zero-order valence-electron chi connectivity index (χ0n) is 24.6. The number of aromatic nitrogens is 3. The molecule has 0 saturated carbocycles. The minimum atomic E-state index is -0.553. The predicted octanol–water partition coefficient (Wildman–Crippen LogP) is 4.88. The Morgan fingerprint density at radius 1 is 1.19 bits per heavy atom. The van der Waals surface area contributed by atoms with Crippen LogP contribution in [0.3, 0.4) is 0 Å². The van der Waals surface area contributed by atoms with E-state index in [0.29, 0.717) is 38.0 Å². The van der Waals surface area contributed by atoms with E-state index in [1.807, 2.05) is 45.0 Å². The number of rotatable bonds is 8. The van der Waals surface area contributed by atoms with Crippen molar-refractivity contribution in [3.8, 4) is 10.4 Å². The lowest BCUT2D eigenvalue weighted by molar-refractivity contribution is 0.0285. The van der Waals surface area contributed by atoms with Gasteiger partial charge in [0.2, 0.25) is 0 Å². The number of nitrogens with one attached hydrogen (secondary N) is 1. The van der Waals surface area contributed by atoms with Gasteiger partial charge in [-0.2, -0.15) is 5.10 Å². The van der Waals surface area contributed by atoms with Crippen LogP contribution in [0.15, 0.2) is 53.5 Å². The first-order valence-electron chi connectivity index (χ1n) is 14.2. The summed E-state index contributed by atoms with van der Waals surface area (Å²) in [6.07, 6.45) is 2.64. The van der Waals surface area contributed by atoms with Crippen LogP contribution in [0.1, 0.15) is 49.4 Å². The average Bonchev–Trinajstić information content (AvgIpc) is 3.47. The number of aryl methyl sites for hydroxylation is 1. The minimum absolute atomic E-state index is 0.204. The van der Waals surface area contributed by atoms with Gasteiger partial charge < -0.3 is 25.0 Å². The maximum Gasteiger partial charge on any atom is 0.410 e. The second-order valence-electron chi connectivity index (χ2n) is 11.5. The fourth-order valence-corrected chi connectivity index (χ4v) is 6.05. The number of fused-ring (bicyclic) bond motifs is 1. The number of carbonyl (C=O) groups excluding carboxylic acids is 1. The van der Waals surface area contributed by atoms with Gasteiger partial charge in [-0.1, -0.05) is 24.3 Å². The van der Waals surface area contributed by atoms with Crippen molar-refractivity contribution in [1.82, 2.24) is 20.1 Å². The second kappa shape index (κ2) is 12.6. The molecular formula is C31H38N6O4S. The molecule has 1 aliphatic heterocycles. The van der Waals surface area contributed by atoms with Gasteiger partial charge in [0.15, 0.2) is 0 Å². The summed E-state index contributed by atoms with van der Waals surface area (Å²) in [6.45, 7) is 8.79. The van der Waals surface area contributed by atoms with E-state index in [-0.39, 0.29) is 17.7 Å². The topological polar surface area (TPSA) is 127 Å². The molecule has 0 bridgehead atoms. The lowest BCUT2D eigenvalue weighted by Crippen LogP contribution is -2.36. The predicted molar refractivity (Wildman–Crippen MR) is 166 cm³/mol. The van der Waals surface area contributed by atoms with Gasteiger partial charge in [0.05, 0.1) is 24.3 Å². The molecule has 0 radical (unpaired) electrons. The lowest BCUT2D eigenvalue weighted by atomic mass is 10.0. The standard InChI is InChI=1S/C31H38N6O4S/c1-31(2,3)41-30(39)36(4)19-20-7-5-6-8-21(20)26-11-12-27(42-26)24(32)9-10-25-23-18-33-28(37-13-15-40-16-14-37)17-22(23)29(38)35-34-25/h5-8,11-12,17-18,24H,9-10,13-16,19,32H2,1-4H3,(H,35,38)/t24-/m1/s1. The van der Waals surface area contributed by atoms with Gasteiger partial charge in [-0.25, -0.2) is 14.9 Å². The Morgan fingerprint density at radius 2 is 1.95 bits per heavy atom. The van der Waals surface area contributed by atoms with Gasteiger partial charge in [-0.3, -0.25) is 4.79 Å². The number of nitrogens with zero attached hydrogens (tertiary/aromatic N) is 4. The van der Waals surface area contributed by atoms with Crippen LogP contribution in [-0.2, 0) is 22.4 Å². The lowest BCUT2D eigenvalue weighted by Gasteiger charge is -2.27. The molecule has 3 N–H and O–H groups in total. The van der Waals surface area contributed by atoms with Crippen molar-refractivity contribution in [3.63, 3.8) is 0 Å². The first-order chi connectivity index (χ1) is 20.1. The van der Waals surface area contributed by atoms with Gasteiger partial charge >= 0.3 is 6.09 Å². The van der Waals surface area contributed by atoms with Crippen LogP contribution in [0.25, 0.3) is 21.2 Å². The van der Waals surface area contributed by atoms with Crippen LogP contribution in [0, 0.1) is 0 Å². The normalized spacial score (nSPS) is 14.6. The smallest absolute Gasteiger partial charge is 0.410 e.